The summed E-state index contributed by atoms with van der Waals surface area (Å²) in [5.41, 5.74) is 5.79. The smallest absolute Gasteiger partial charge is 0.266 e. The third-order valence-corrected chi connectivity index (χ3v) is 2.58. The molecule has 0 bridgehead atoms. The number of nitrogens with two attached hydrogens (primary N) is 1. The highest BCUT2D eigenvalue weighted by Crippen LogP contribution is 2.19. The molecular weight excluding hydrogens is 180 g/mol. The highest BCUT2D eigenvalue weighted by molar-refractivity contribution is 5.29. The van der Waals surface area contributed by atoms with E-state index in [1.807, 2.05) is 6.92 Å². The lowest BCUT2D eigenvalue weighted by atomic mass is 10.2. The van der Waals surface area contributed by atoms with Crippen LogP contribution < -0.4 is 10.6 Å². The van der Waals surface area contributed by atoms with E-state index in [2.05, 4.69) is 15.0 Å². The number of aromatic nitrogens is 2. The van der Waals surface area contributed by atoms with Crippen molar-refractivity contribution in [1.82, 2.24) is 10.1 Å². The fraction of sp³-hybridized carbons (Fsp3) is 0.778. The molecule has 0 saturated carbocycles. The van der Waals surface area contributed by atoms with Crippen molar-refractivity contribution in [1.29, 1.82) is 0 Å². The molecule has 5 nitrogen and oxygen atoms in total. The monoisotopic (exact) mass is 196 g/mol. The van der Waals surface area contributed by atoms with Gasteiger partial charge in [-0.3, -0.25) is 0 Å². The second kappa shape index (κ2) is 3.96. The van der Waals surface area contributed by atoms with E-state index in [1.165, 1.54) is 12.8 Å². The maximum absolute atomic E-state index is 5.79. The average molecular weight is 196 g/mol. The van der Waals surface area contributed by atoms with Gasteiger partial charge in [-0.15, -0.1) is 0 Å². The summed E-state index contributed by atoms with van der Waals surface area (Å²) in [4.78, 5) is 6.42. The van der Waals surface area contributed by atoms with Crippen LogP contribution in [-0.4, -0.2) is 23.2 Å². The molecular formula is C9H16N4O. The lowest BCUT2D eigenvalue weighted by molar-refractivity contribution is 0.351. The summed E-state index contributed by atoms with van der Waals surface area (Å²) in [7, 11) is 0. The minimum absolute atomic E-state index is 0.126. The van der Waals surface area contributed by atoms with Crippen molar-refractivity contribution in [3.8, 4) is 0 Å². The molecule has 1 saturated heterocycles. The van der Waals surface area contributed by atoms with E-state index in [4.69, 9.17) is 10.3 Å². The van der Waals surface area contributed by atoms with Gasteiger partial charge >= 0.3 is 0 Å². The van der Waals surface area contributed by atoms with Crippen LogP contribution in [0.1, 0.15) is 38.1 Å². The zero-order chi connectivity index (χ0) is 9.97. The van der Waals surface area contributed by atoms with Crippen molar-refractivity contribution in [2.75, 3.05) is 18.0 Å². The van der Waals surface area contributed by atoms with E-state index in [9.17, 15) is 0 Å². The van der Waals surface area contributed by atoms with Crippen LogP contribution in [0.2, 0.25) is 0 Å². The molecule has 2 heterocycles. The molecule has 1 aliphatic rings. The van der Waals surface area contributed by atoms with Gasteiger partial charge in [0.25, 0.3) is 5.95 Å². The van der Waals surface area contributed by atoms with Crippen LogP contribution in [0.5, 0.6) is 0 Å². The summed E-state index contributed by atoms with van der Waals surface area (Å²) in [6, 6.07) is -0.126. The Morgan fingerprint density at radius 3 is 2.86 bits per heavy atom. The largest absolute Gasteiger partial charge is 0.338 e. The van der Waals surface area contributed by atoms with Crippen molar-refractivity contribution >= 4 is 5.95 Å². The Morgan fingerprint density at radius 2 is 2.21 bits per heavy atom. The molecule has 5 heteroatoms. The van der Waals surface area contributed by atoms with E-state index in [0.29, 0.717) is 11.8 Å². The summed E-state index contributed by atoms with van der Waals surface area (Å²) >= 11 is 0. The first-order valence-electron chi connectivity index (χ1n) is 5.15. The Labute approximate surface area is 83.3 Å². The van der Waals surface area contributed by atoms with Crippen molar-refractivity contribution < 1.29 is 4.52 Å². The molecule has 14 heavy (non-hydrogen) atoms. The predicted octanol–water partition coefficient (Wildman–Crippen LogP) is 1.08. The molecule has 0 aromatic carbocycles. The van der Waals surface area contributed by atoms with Gasteiger partial charge in [-0.05, 0) is 24.4 Å². The van der Waals surface area contributed by atoms with Crippen LogP contribution in [0.3, 0.4) is 0 Å². The first-order valence-corrected chi connectivity index (χ1v) is 5.15. The minimum Gasteiger partial charge on any atom is -0.338 e. The number of rotatable bonds is 3. The van der Waals surface area contributed by atoms with Gasteiger partial charge in [0.2, 0.25) is 5.89 Å². The van der Waals surface area contributed by atoms with Crippen LogP contribution >= 0.6 is 0 Å². The summed E-state index contributed by atoms with van der Waals surface area (Å²) in [6.45, 7) is 4.06. The highest BCUT2D eigenvalue weighted by atomic mass is 16.5. The maximum atomic E-state index is 5.79. The van der Waals surface area contributed by atoms with Gasteiger partial charge < -0.3 is 15.2 Å². The van der Waals surface area contributed by atoms with E-state index < -0.39 is 0 Å². The lowest BCUT2D eigenvalue weighted by Crippen LogP contribution is -2.19. The van der Waals surface area contributed by atoms with E-state index in [-0.39, 0.29) is 6.04 Å². The molecule has 2 N–H and O–H groups in total. The molecule has 2 rings (SSSR count). The molecule has 0 radical (unpaired) electrons. The molecule has 1 fully saturated rings. The normalized spacial score (nSPS) is 18.9. The molecule has 1 aromatic heterocycles. The van der Waals surface area contributed by atoms with E-state index in [1.54, 1.807) is 0 Å². The van der Waals surface area contributed by atoms with Gasteiger partial charge in [0.15, 0.2) is 0 Å². The zero-order valence-electron chi connectivity index (χ0n) is 8.44. The highest BCUT2D eigenvalue weighted by Gasteiger charge is 2.19. The molecule has 1 aromatic rings. The Bertz CT molecular complexity index is 293. The quantitative estimate of drug-likeness (QED) is 0.783. The van der Waals surface area contributed by atoms with Crippen LogP contribution in [0.25, 0.3) is 0 Å². The second-order valence-electron chi connectivity index (χ2n) is 3.64. The molecule has 0 aliphatic carbocycles. The van der Waals surface area contributed by atoms with Gasteiger partial charge in [0.05, 0.1) is 6.04 Å². The summed E-state index contributed by atoms with van der Waals surface area (Å²) in [5, 5.41) is 3.93. The van der Waals surface area contributed by atoms with E-state index in [0.717, 1.165) is 19.5 Å². The number of anilines is 1. The fourth-order valence-electron chi connectivity index (χ4n) is 1.60. The van der Waals surface area contributed by atoms with Crippen LogP contribution in [-0.2, 0) is 0 Å². The maximum Gasteiger partial charge on any atom is 0.266 e. The molecule has 1 aliphatic heterocycles. The summed E-state index contributed by atoms with van der Waals surface area (Å²) in [5.74, 6) is 1.25. The summed E-state index contributed by atoms with van der Waals surface area (Å²) < 4.78 is 5.10. The van der Waals surface area contributed by atoms with Gasteiger partial charge in [-0.1, -0.05) is 6.92 Å². The topological polar surface area (TPSA) is 68.2 Å². The Hall–Kier alpha value is -1.10. The van der Waals surface area contributed by atoms with Crippen LogP contribution in [0, 0.1) is 0 Å². The number of hydrogen-bond donors (Lipinski definition) is 1. The van der Waals surface area contributed by atoms with Gasteiger partial charge in [-0.2, -0.15) is 4.98 Å². The van der Waals surface area contributed by atoms with Crippen LogP contribution in [0.15, 0.2) is 4.52 Å². The predicted molar refractivity (Wildman–Crippen MR) is 53.0 cm³/mol. The van der Waals surface area contributed by atoms with Gasteiger partial charge in [-0.25, -0.2) is 0 Å². The Balaban J connectivity index is 2.08. The van der Waals surface area contributed by atoms with Gasteiger partial charge in [0, 0.05) is 13.1 Å². The Morgan fingerprint density at radius 1 is 1.50 bits per heavy atom. The minimum atomic E-state index is -0.126. The van der Waals surface area contributed by atoms with Crippen molar-refractivity contribution in [2.24, 2.45) is 5.73 Å². The summed E-state index contributed by atoms with van der Waals surface area (Å²) in [6.07, 6.45) is 3.25. The molecule has 0 unspecified atom stereocenters. The zero-order valence-corrected chi connectivity index (χ0v) is 8.44. The standard InChI is InChI=1S/C9H16N4O/c1-2-7(10)8-11-9(12-14-8)13-5-3-4-6-13/h7H,2-6,10H2,1H3/t7-/m0/s1. The third kappa shape index (κ3) is 1.72. The van der Waals surface area contributed by atoms with Gasteiger partial charge in [0.1, 0.15) is 0 Å². The third-order valence-electron chi connectivity index (χ3n) is 2.58. The lowest BCUT2D eigenvalue weighted by Gasteiger charge is -2.09. The van der Waals surface area contributed by atoms with Crippen molar-refractivity contribution in [3.63, 3.8) is 0 Å². The average Bonchev–Trinajstić information content (AvgIpc) is 2.86. The van der Waals surface area contributed by atoms with Crippen LogP contribution in [0.4, 0.5) is 5.95 Å². The first kappa shape index (κ1) is 9.45. The molecule has 0 amide bonds. The van der Waals surface area contributed by atoms with E-state index >= 15 is 0 Å². The first-order chi connectivity index (χ1) is 6.81. The molecule has 1 atom stereocenters. The SMILES string of the molecule is CC[C@H](N)c1nc(N2CCCC2)no1. The fourth-order valence-corrected chi connectivity index (χ4v) is 1.60. The Kier molecular flexibility index (Phi) is 2.67. The number of hydrogen-bond acceptors (Lipinski definition) is 5. The number of nitrogens with zero attached hydrogens (tertiary/aromatic N) is 3. The molecule has 0 spiro atoms. The molecule has 78 valence electrons. The van der Waals surface area contributed by atoms with Crippen molar-refractivity contribution in [3.05, 3.63) is 5.89 Å². The van der Waals surface area contributed by atoms with Crippen molar-refractivity contribution in [2.45, 2.75) is 32.2 Å². The second-order valence-corrected chi connectivity index (χ2v) is 3.64.